The van der Waals surface area contributed by atoms with E-state index >= 15 is 0 Å². The standard InChI is InChI=1S/C11H10N6O2/c1-19-11(18)10-7(12)6-17(15-10)9-3-5-16-8(14-9)2-4-13-16/h2-6H,12H2,1H3. The summed E-state index contributed by atoms with van der Waals surface area (Å²) in [6.45, 7) is 0. The molecule has 0 saturated carbocycles. The number of methoxy groups -OCH3 is 1. The van der Waals surface area contributed by atoms with Crippen molar-refractivity contribution in [2.75, 3.05) is 12.8 Å². The first-order valence-corrected chi connectivity index (χ1v) is 5.43. The van der Waals surface area contributed by atoms with Crippen LogP contribution in [0.5, 0.6) is 0 Å². The third-order valence-electron chi connectivity index (χ3n) is 2.60. The van der Waals surface area contributed by atoms with E-state index in [-0.39, 0.29) is 11.4 Å². The van der Waals surface area contributed by atoms with E-state index in [4.69, 9.17) is 5.73 Å². The Morgan fingerprint density at radius 2 is 2.26 bits per heavy atom. The molecule has 0 aliphatic heterocycles. The fourth-order valence-corrected chi connectivity index (χ4v) is 1.69. The molecule has 8 nitrogen and oxygen atoms in total. The van der Waals surface area contributed by atoms with Crippen molar-refractivity contribution in [2.24, 2.45) is 0 Å². The molecule has 0 aliphatic carbocycles. The van der Waals surface area contributed by atoms with Crippen molar-refractivity contribution in [1.82, 2.24) is 24.4 Å². The van der Waals surface area contributed by atoms with Crippen LogP contribution in [-0.2, 0) is 4.74 Å². The molecule has 0 atom stereocenters. The van der Waals surface area contributed by atoms with Gasteiger partial charge in [0, 0.05) is 18.3 Å². The number of carbonyl (C=O) groups excluding carboxylic acids is 1. The van der Waals surface area contributed by atoms with E-state index in [9.17, 15) is 4.79 Å². The lowest BCUT2D eigenvalue weighted by Crippen LogP contribution is -2.06. The number of hydrogen-bond donors (Lipinski definition) is 1. The quantitative estimate of drug-likeness (QED) is 0.663. The van der Waals surface area contributed by atoms with E-state index in [0.29, 0.717) is 11.5 Å². The second-order valence-corrected chi connectivity index (χ2v) is 3.79. The molecule has 0 fully saturated rings. The van der Waals surface area contributed by atoms with E-state index in [2.05, 4.69) is 19.9 Å². The lowest BCUT2D eigenvalue weighted by atomic mass is 10.4. The van der Waals surface area contributed by atoms with Crippen molar-refractivity contribution in [1.29, 1.82) is 0 Å². The number of rotatable bonds is 2. The van der Waals surface area contributed by atoms with Gasteiger partial charge in [-0.05, 0) is 0 Å². The van der Waals surface area contributed by atoms with Crippen LogP contribution in [0.3, 0.4) is 0 Å². The van der Waals surface area contributed by atoms with Crippen LogP contribution in [0, 0.1) is 0 Å². The Hall–Kier alpha value is -2.90. The van der Waals surface area contributed by atoms with Gasteiger partial charge in [0.05, 0.1) is 25.2 Å². The molecule has 0 bridgehead atoms. The van der Waals surface area contributed by atoms with Crippen molar-refractivity contribution >= 4 is 17.3 Å². The maximum absolute atomic E-state index is 11.4. The summed E-state index contributed by atoms with van der Waals surface area (Å²) in [6, 6.07) is 3.48. The molecule has 2 N–H and O–H groups in total. The van der Waals surface area contributed by atoms with E-state index in [1.807, 2.05) is 0 Å². The zero-order valence-corrected chi connectivity index (χ0v) is 10.0. The molecule has 3 aromatic rings. The molecule has 0 aromatic carbocycles. The van der Waals surface area contributed by atoms with Crippen LogP contribution in [0.4, 0.5) is 5.69 Å². The lowest BCUT2D eigenvalue weighted by Gasteiger charge is -2.00. The molecule has 0 radical (unpaired) electrons. The number of fused-ring (bicyclic) bond motifs is 1. The van der Waals surface area contributed by atoms with Crippen LogP contribution in [0.25, 0.3) is 11.5 Å². The van der Waals surface area contributed by atoms with Crippen LogP contribution >= 0.6 is 0 Å². The molecule has 3 rings (SSSR count). The number of hydrogen-bond acceptors (Lipinski definition) is 6. The first kappa shape index (κ1) is 11.2. The first-order valence-electron chi connectivity index (χ1n) is 5.43. The molecule has 8 heteroatoms. The van der Waals surface area contributed by atoms with E-state index in [1.165, 1.54) is 18.0 Å². The minimum atomic E-state index is -0.582. The average Bonchev–Trinajstić information content (AvgIpc) is 3.03. The minimum absolute atomic E-state index is 0.0673. The number of esters is 1. The van der Waals surface area contributed by atoms with E-state index < -0.39 is 5.97 Å². The van der Waals surface area contributed by atoms with Gasteiger partial charge in [0.25, 0.3) is 0 Å². The molecule has 0 saturated heterocycles. The highest BCUT2D eigenvalue weighted by atomic mass is 16.5. The van der Waals surface area contributed by atoms with Gasteiger partial charge in [-0.1, -0.05) is 0 Å². The predicted molar refractivity (Wildman–Crippen MR) is 65.9 cm³/mol. The van der Waals surface area contributed by atoms with E-state index in [0.717, 1.165) is 0 Å². The Kier molecular flexibility index (Phi) is 2.41. The fourth-order valence-electron chi connectivity index (χ4n) is 1.69. The minimum Gasteiger partial charge on any atom is -0.464 e. The first-order chi connectivity index (χ1) is 9.19. The molecular weight excluding hydrogens is 248 g/mol. The normalized spacial score (nSPS) is 10.8. The van der Waals surface area contributed by atoms with Crippen LogP contribution in [0.2, 0.25) is 0 Å². The Balaban J connectivity index is 2.08. The number of nitrogens with two attached hydrogens (primary N) is 1. The highest BCUT2D eigenvalue weighted by Crippen LogP contribution is 2.14. The molecule has 3 aromatic heterocycles. The topological polar surface area (TPSA) is 100 Å². The third kappa shape index (κ3) is 1.79. The van der Waals surface area contributed by atoms with Gasteiger partial charge < -0.3 is 10.5 Å². The number of anilines is 1. The molecule has 96 valence electrons. The van der Waals surface area contributed by atoms with Gasteiger partial charge in [0.1, 0.15) is 0 Å². The number of carbonyl (C=O) groups is 1. The van der Waals surface area contributed by atoms with Crippen molar-refractivity contribution in [3.8, 4) is 5.82 Å². The van der Waals surface area contributed by atoms with E-state index in [1.54, 1.807) is 29.0 Å². The Morgan fingerprint density at radius 3 is 3.05 bits per heavy atom. The van der Waals surface area contributed by atoms with Crippen LogP contribution in [-0.4, -0.2) is 37.5 Å². The molecule has 3 heterocycles. The molecule has 19 heavy (non-hydrogen) atoms. The van der Waals surface area contributed by atoms with Crippen molar-refractivity contribution in [3.05, 3.63) is 36.4 Å². The second kappa shape index (κ2) is 4.09. The lowest BCUT2D eigenvalue weighted by molar-refractivity contribution is 0.0594. The van der Waals surface area contributed by atoms with Crippen molar-refractivity contribution < 1.29 is 9.53 Å². The van der Waals surface area contributed by atoms with Crippen molar-refractivity contribution in [2.45, 2.75) is 0 Å². The summed E-state index contributed by atoms with van der Waals surface area (Å²) in [5.74, 6) is -0.0449. The summed E-state index contributed by atoms with van der Waals surface area (Å²) in [4.78, 5) is 15.8. The van der Waals surface area contributed by atoms with Gasteiger partial charge in [-0.3, -0.25) is 0 Å². The summed E-state index contributed by atoms with van der Waals surface area (Å²) < 4.78 is 7.64. The summed E-state index contributed by atoms with van der Waals surface area (Å²) >= 11 is 0. The highest BCUT2D eigenvalue weighted by molar-refractivity contribution is 5.92. The molecule has 0 unspecified atom stereocenters. The number of nitrogens with zero attached hydrogens (tertiary/aromatic N) is 5. The Bertz CT molecular complexity index is 759. The highest BCUT2D eigenvalue weighted by Gasteiger charge is 2.16. The number of aromatic nitrogens is 5. The smallest absolute Gasteiger partial charge is 0.360 e. The fraction of sp³-hybridized carbons (Fsp3) is 0.0909. The zero-order valence-electron chi connectivity index (χ0n) is 10.0. The molecule has 0 spiro atoms. The monoisotopic (exact) mass is 258 g/mol. The van der Waals surface area contributed by atoms with Gasteiger partial charge >= 0.3 is 5.97 Å². The maximum atomic E-state index is 11.4. The largest absolute Gasteiger partial charge is 0.464 e. The van der Waals surface area contributed by atoms with Gasteiger partial charge in [-0.15, -0.1) is 0 Å². The maximum Gasteiger partial charge on any atom is 0.360 e. The number of nitrogen functional groups attached to an aromatic ring is 1. The van der Waals surface area contributed by atoms with Crippen molar-refractivity contribution in [3.63, 3.8) is 0 Å². The third-order valence-corrected chi connectivity index (χ3v) is 2.60. The zero-order chi connectivity index (χ0) is 13.4. The second-order valence-electron chi connectivity index (χ2n) is 3.79. The summed E-state index contributed by atoms with van der Waals surface area (Å²) in [5, 5.41) is 8.11. The van der Waals surface area contributed by atoms with Gasteiger partial charge in [0.15, 0.2) is 17.2 Å². The van der Waals surface area contributed by atoms with Gasteiger partial charge in [0.2, 0.25) is 0 Å². The average molecular weight is 258 g/mol. The predicted octanol–water partition coefficient (Wildman–Crippen LogP) is 0.284. The molecule has 0 aliphatic rings. The molecule has 0 amide bonds. The summed E-state index contributed by atoms with van der Waals surface area (Å²) in [7, 11) is 1.28. The SMILES string of the molecule is COC(=O)c1nn(-c2ccn3nccc3n2)cc1N. The van der Waals surface area contributed by atoms with Crippen LogP contribution in [0.1, 0.15) is 10.5 Å². The van der Waals surface area contributed by atoms with Gasteiger partial charge in [-0.25, -0.2) is 19.0 Å². The van der Waals surface area contributed by atoms with Crippen LogP contribution in [0.15, 0.2) is 30.7 Å². The van der Waals surface area contributed by atoms with Gasteiger partial charge in [-0.2, -0.15) is 10.2 Å². The summed E-state index contributed by atoms with van der Waals surface area (Å²) in [5.41, 5.74) is 6.70. The Labute approximate surface area is 107 Å². The Morgan fingerprint density at radius 1 is 1.42 bits per heavy atom. The van der Waals surface area contributed by atoms with Crippen LogP contribution < -0.4 is 5.73 Å². The molecular formula is C11H10N6O2. The summed E-state index contributed by atoms with van der Waals surface area (Å²) in [6.07, 6.45) is 4.90. The number of ether oxygens (including phenoxy) is 1.